The van der Waals surface area contributed by atoms with Crippen LogP contribution in [0.25, 0.3) is 0 Å². The van der Waals surface area contributed by atoms with Crippen LogP contribution in [-0.4, -0.2) is 35.0 Å². The highest BCUT2D eigenvalue weighted by Gasteiger charge is 2.25. The lowest BCUT2D eigenvalue weighted by molar-refractivity contribution is -0.147. The Morgan fingerprint density at radius 3 is 2.30 bits per heavy atom. The SMILES string of the molecule is CCOC(=O)C(CSSC(C)(C)C)NC(=O)C(C)CC. The van der Waals surface area contributed by atoms with E-state index in [1.807, 2.05) is 13.8 Å². The summed E-state index contributed by atoms with van der Waals surface area (Å²) in [4.78, 5) is 23.8. The molecule has 0 spiro atoms. The van der Waals surface area contributed by atoms with Gasteiger partial charge in [-0.3, -0.25) is 4.79 Å². The van der Waals surface area contributed by atoms with Crippen molar-refractivity contribution in [1.29, 1.82) is 0 Å². The maximum Gasteiger partial charge on any atom is 0.329 e. The highest BCUT2D eigenvalue weighted by molar-refractivity contribution is 8.77. The second kappa shape index (κ2) is 9.55. The molecule has 0 saturated heterocycles. The second-order valence-electron chi connectivity index (χ2n) is 5.60. The van der Waals surface area contributed by atoms with Gasteiger partial charge in [0.05, 0.1) is 6.61 Å². The maximum atomic E-state index is 11.9. The van der Waals surface area contributed by atoms with E-state index in [0.717, 1.165) is 6.42 Å². The molecular weight excluding hydrogens is 294 g/mol. The predicted octanol–water partition coefficient (Wildman–Crippen LogP) is 3.26. The Kier molecular flexibility index (Phi) is 9.38. The van der Waals surface area contributed by atoms with Gasteiger partial charge in [0, 0.05) is 16.4 Å². The first-order valence-electron chi connectivity index (χ1n) is 6.98. The molecule has 0 aliphatic carbocycles. The van der Waals surface area contributed by atoms with Crippen LogP contribution in [0.2, 0.25) is 0 Å². The van der Waals surface area contributed by atoms with Crippen molar-refractivity contribution in [2.24, 2.45) is 5.92 Å². The third-order valence-corrected chi connectivity index (χ3v) is 5.84. The molecule has 0 aromatic heterocycles. The van der Waals surface area contributed by atoms with Gasteiger partial charge in [0.25, 0.3) is 0 Å². The molecule has 0 bridgehead atoms. The molecular formula is C14H27NO3S2. The lowest BCUT2D eigenvalue weighted by Gasteiger charge is -2.21. The van der Waals surface area contributed by atoms with E-state index < -0.39 is 6.04 Å². The summed E-state index contributed by atoms with van der Waals surface area (Å²) in [5, 5.41) is 2.79. The molecule has 0 radical (unpaired) electrons. The molecule has 1 amide bonds. The highest BCUT2D eigenvalue weighted by Crippen LogP contribution is 2.35. The van der Waals surface area contributed by atoms with Crippen LogP contribution in [0.15, 0.2) is 0 Å². The van der Waals surface area contributed by atoms with Crippen molar-refractivity contribution in [1.82, 2.24) is 5.32 Å². The molecule has 118 valence electrons. The van der Waals surface area contributed by atoms with Crippen LogP contribution in [-0.2, 0) is 14.3 Å². The standard InChI is InChI=1S/C14H27NO3S2/c1-7-10(3)12(16)15-11(13(17)18-8-2)9-19-20-14(4,5)6/h10-11H,7-9H2,1-6H3,(H,15,16). The lowest BCUT2D eigenvalue weighted by atomic mass is 10.1. The number of rotatable bonds is 8. The lowest BCUT2D eigenvalue weighted by Crippen LogP contribution is -2.45. The fourth-order valence-corrected chi connectivity index (χ4v) is 3.64. The monoisotopic (exact) mass is 321 g/mol. The average molecular weight is 322 g/mol. The second-order valence-corrected chi connectivity index (χ2v) is 8.77. The van der Waals surface area contributed by atoms with Gasteiger partial charge in [-0.1, -0.05) is 56.2 Å². The van der Waals surface area contributed by atoms with Crippen LogP contribution in [0.5, 0.6) is 0 Å². The molecule has 0 rings (SSSR count). The minimum Gasteiger partial charge on any atom is -0.464 e. The van der Waals surface area contributed by atoms with Crippen molar-refractivity contribution in [2.45, 2.75) is 58.8 Å². The largest absolute Gasteiger partial charge is 0.464 e. The zero-order valence-corrected chi connectivity index (χ0v) is 15.0. The van der Waals surface area contributed by atoms with E-state index in [2.05, 4.69) is 26.1 Å². The van der Waals surface area contributed by atoms with Gasteiger partial charge in [0.15, 0.2) is 0 Å². The summed E-state index contributed by atoms with van der Waals surface area (Å²) in [6.45, 7) is 12.2. The van der Waals surface area contributed by atoms with Crippen LogP contribution in [0, 0.1) is 5.92 Å². The summed E-state index contributed by atoms with van der Waals surface area (Å²) in [6, 6.07) is -0.573. The zero-order valence-electron chi connectivity index (χ0n) is 13.3. The Morgan fingerprint density at radius 2 is 1.85 bits per heavy atom. The molecule has 2 unspecified atom stereocenters. The van der Waals surface area contributed by atoms with Crippen molar-refractivity contribution in [3.05, 3.63) is 0 Å². The fourth-order valence-electron chi connectivity index (χ4n) is 1.19. The first-order valence-corrected chi connectivity index (χ1v) is 9.30. The summed E-state index contributed by atoms with van der Waals surface area (Å²) >= 11 is 0. The minimum atomic E-state index is -0.573. The van der Waals surface area contributed by atoms with Gasteiger partial charge in [-0.15, -0.1) is 0 Å². The van der Waals surface area contributed by atoms with Gasteiger partial charge in [-0.25, -0.2) is 4.79 Å². The number of esters is 1. The quantitative estimate of drug-likeness (QED) is 0.549. The molecule has 0 aromatic rings. The molecule has 2 atom stereocenters. The average Bonchev–Trinajstić information content (AvgIpc) is 2.35. The maximum absolute atomic E-state index is 11.9. The Balaban J connectivity index is 4.49. The van der Waals surface area contributed by atoms with Crippen LogP contribution in [0.1, 0.15) is 48.0 Å². The van der Waals surface area contributed by atoms with Crippen LogP contribution in [0.4, 0.5) is 0 Å². The summed E-state index contributed by atoms with van der Waals surface area (Å²) in [5.41, 5.74) is 0. The molecule has 1 N–H and O–H groups in total. The van der Waals surface area contributed by atoms with Gasteiger partial charge in [-0.2, -0.15) is 0 Å². The van der Waals surface area contributed by atoms with E-state index in [9.17, 15) is 9.59 Å². The normalized spacial score (nSPS) is 14.5. The number of nitrogens with one attached hydrogen (secondary N) is 1. The number of carbonyl (C=O) groups is 2. The number of hydrogen-bond donors (Lipinski definition) is 1. The predicted molar refractivity (Wildman–Crippen MR) is 87.8 cm³/mol. The molecule has 0 aliphatic rings. The Hall–Kier alpha value is -0.360. The molecule has 0 fully saturated rings. The molecule has 0 aliphatic heterocycles. The van der Waals surface area contributed by atoms with Crippen LogP contribution in [0.3, 0.4) is 0 Å². The molecule has 0 saturated carbocycles. The smallest absolute Gasteiger partial charge is 0.329 e. The van der Waals surface area contributed by atoms with E-state index in [1.54, 1.807) is 28.5 Å². The van der Waals surface area contributed by atoms with Crippen LogP contribution >= 0.6 is 21.6 Å². The van der Waals surface area contributed by atoms with E-state index in [1.165, 1.54) is 0 Å². The Morgan fingerprint density at radius 1 is 1.25 bits per heavy atom. The van der Waals surface area contributed by atoms with E-state index >= 15 is 0 Å². The molecule has 4 nitrogen and oxygen atoms in total. The fraction of sp³-hybridized carbons (Fsp3) is 0.857. The molecule has 0 heterocycles. The van der Waals surface area contributed by atoms with E-state index in [4.69, 9.17) is 4.74 Å². The highest BCUT2D eigenvalue weighted by atomic mass is 33.1. The molecule has 20 heavy (non-hydrogen) atoms. The van der Waals surface area contributed by atoms with Crippen molar-refractivity contribution >= 4 is 33.5 Å². The topological polar surface area (TPSA) is 55.4 Å². The molecule has 0 aromatic carbocycles. The summed E-state index contributed by atoms with van der Waals surface area (Å²) < 4.78 is 5.14. The van der Waals surface area contributed by atoms with Crippen molar-refractivity contribution in [2.75, 3.05) is 12.4 Å². The van der Waals surface area contributed by atoms with E-state index in [-0.39, 0.29) is 22.5 Å². The van der Waals surface area contributed by atoms with Gasteiger partial charge in [-0.05, 0) is 13.3 Å². The van der Waals surface area contributed by atoms with Gasteiger partial charge < -0.3 is 10.1 Å². The van der Waals surface area contributed by atoms with Gasteiger partial charge in [0.2, 0.25) is 5.91 Å². The summed E-state index contributed by atoms with van der Waals surface area (Å²) in [6.07, 6.45) is 0.755. The molecule has 6 heteroatoms. The Labute approximate surface area is 130 Å². The van der Waals surface area contributed by atoms with Crippen molar-refractivity contribution in [3.8, 4) is 0 Å². The third kappa shape index (κ3) is 8.74. The number of hydrogen-bond acceptors (Lipinski definition) is 5. The zero-order chi connectivity index (χ0) is 15.8. The number of ether oxygens (including phenoxy) is 1. The first-order chi connectivity index (χ1) is 9.21. The number of amides is 1. The minimum absolute atomic E-state index is 0.0906. The summed E-state index contributed by atoms with van der Waals surface area (Å²) in [5.74, 6) is -0.0200. The van der Waals surface area contributed by atoms with Crippen LogP contribution < -0.4 is 5.32 Å². The first kappa shape index (κ1) is 19.6. The number of carbonyl (C=O) groups excluding carboxylic acids is 2. The van der Waals surface area contributed by atoms with Crippen molar-refractivity contribution < 1.29 is 14.3 Å². The summed E-state index contributed by atoms with van der Waals surface area (Å²) in [7, 11) is 3.28. The van der Waals surface area contributed by atoms with E-state index in [0.29, 0.717) is 12.4 Å². The van der Waals surface area contributed by atoms with Gasteiger partial charge >= 0.3 is 5.97 Å². The van der Waals surface area contributed by atoms with Gasteiger partial charge in [0.1, 0.15) is 6.04 Å². The Bertz CT molecular complexity index is 316. The third-order valence-electron chi connectivity index (χ3n) is 2.49. The van der Waals surface area contributed by atoms with Crippen molar-refractivity contribution in [3.63, 3.8) is 0 Å².